The summed E-state index contributed by atoms with van der Waals surface area (Å²) in [5, 5.41) is 11.8. The first-order valence-electron chi connectivity index (χ1n) is 9.77. The number of para-hydroxylation sites is 1. The van der Waals surface area contributed by atoms with Gasteiger partial charge in [-0.15, -0.1) is 0 Å². The van der Waals surface area contributed by atoms with Gasteiger partial charge in [-0.3, -0.25) is 4.79 Å². The second kappa shape index (κ2) is 7.97. The van der Waals surface area contributed by atoms with Crippen molar-refractivity contribution in [1.29, 1.82) is 0 Å². The molecule has 0 bridgehead atoms. The maximum atomic E-state index is 12.6. The highest BCUT2D eigenvalue weighted by Gasteiger charge is 2.28. The fraction of sp³-hybridized carbons (Fsp3) is 0.348. The molecule has 2 heterocycles. The highest BCUT2D eigenvalue weighted by Crippen LogP contribution is 2.30. The number of aliphatic hydroxyl groups is 1. The van der Waals surface area contributed by atoms with Crippen LogP contribution in [-0.4, -0.2) is 33.6 Å². The van der Waals surface area contributed by atoms with Gasteiger partial charge in [-0.1, -0.05) is 48.5 Å². The number of hydrogen-bond acceptors (Lipinski definition) is 2. The van der Waals surface area contributed by atoms with E-state index in [9.17, 15) is 9.90 Å². The average molecular weight is 362 g/mol. The minimum atomic E-state index is -0.435. The van der Waals surface area contributed by atoms with E-state index in [0.717, 1.165) is 31.5 Å². The molecule has 4 rings (SSSR count). The van der Waals surface area contributed by atoms with Gasteiger partial charge in [0.2, 0.25) is 5.91 Å². The van der Waals surface area contributed by atoms with Crippen LogP contribution in [-0.2, 0) is 11.3 Å². The predicted octanol–water partition coefficient (Wildman–Crippen LogP) is 4.00. The van der Waals surface area contributed by atoms with Crippen molar-refractivity contribution in [2.24, 2.45) is 5.92 Å². The normalized spacial score (nSPS) is 16.6. The zero-order chi connectivity index (χ0) is 18.6. The topological polar surface area (TPSA) is 45.5 Å². The minimum absolute atomic E-state index is 0.209. The third kappa shape index (κ3) is 3.91. The lowest BCUT2D eigenvalue weighted by molar-refractivity contribution is -0.133. The van der Waals surface area contributed by atoms with Crippen LogP contribution in [0.3, 0.4) is 0 Å². The van der Waals surface area contributed by atoms with Crippen LogP contribution in [0.1, 0.15) is 30.9 Å². The number of rotatable bonds is 5. The van der Waals surface area contributed by atoms with E-state index in [1.165, 1.54) is 10.9 Å². The Kier molecular flexibility index (Phi) is 5.26. The minimum Gasteiger partial charge on any atom is -0.388 e. The monoisotopic (exact) mass is 362 g/mol. The molecule has 1 N–H and O–H groups in total. The molecule has 2 aromatic carbocycles. The smallest absolute Gasteiger partial charge is 0.224 e. The Morgan fingerprint density at radius 2 is 1.70 bits per heavy atom. The van der Waals surface area contributed by atoms with E-state index in [4.69, 9.17) is 0 Å². The first-order chi connectivity index (χ1) is 13.2. The number of hydrogen-bond donors (Lipinski definition) is 1. The summed E-state index contributed by atoms with van der Waals surface area (Å²) in [7, 11) is 0. The summed E-state index contributed by atoms with van der Waals surface area (Å²) in [6.45, 7) is 2.18. The number of piperidine rings is 1. The predicted molar refractivity (Wildman–Crippen MR) is 107 cm³/mol. The lowest BCUT2D eigenvalue weighted by atomic mass is 9.87. The molecule has 3 aromatic rings. The molecule has 4 heteroatoms. The van der Waals surface area contributed by atoms with Gasteiger partial charge in [-0.25, -0.2) is 0 Å². The molecule has 1 aromatic heterocycles. The standard InChI is InChI=1S/C23H26N2O2/c26-22(13-17-24-14-10-18-6-4-5-9-21(18)24)25-15-11-20(12-16-25)23(27)19-7-2-1-3-8-19/h1-10,14,20,23,27H,11-13,15-17H2. The number of aromatic nitrogens is 1. The average Bonchev–Trinajstić information content (AvgIpc) is 3.15. The molecule has 1 atom stereocenters. The molecular weight excluding hydrogens is 336 g/mol. The van der Waals surface area contributed by atoms with Crippen molar-refractivity contribution in [3.63, 3.8) is 0 Å². The van der Waals surface area contributed by atoms with Crippen molar-refractivity contribution in [3.8, 4) is 0 Å². The Morgan fingerprint density at radius 1 is 1.00 bits per heavy atom. The van der Waals surface area contributed by atoms with Crippen molar-refractivity contribution in [3.05, 3.63) is 72.4 Å². The largest absolute Gasteiger partial charge is 0.388 e. The molecule has 1 aliphatic heterocycles. The molecule has 4 nitrogen and oxygen atoms in total. The molecule has 1 unspecified atom stereocenters. The number of amides is 1. The molecule has 0 saturated carbocycles. The number of aryl methyl sites for hydroxylation is 1. The van der Waals surface area contributed by atoms with Crippen LogP contribution in [0.4, 0.5) is 0 Å². The van der Waals surface area contributed by atoms with Gasteiger partial charge >= 0.3 is 0 Å². The quantitative estimate of drug-likeness (QED) is 0.745. The molecule has 1 saturated heterocycles. The first kappa shape index (κ1) is 17.8. The van der Waals surface area contributed by atoms with Gasteiger partial charge in [0.05, 0.1) is 6.10 Å². The third-order valence-electron chi connectivity index (χ3n) is 5.73. The second-order valence-electron chi connectivity index (χ2n) is 7.39. The number of nitrogens with zero attached hydrogens (tertiary/aromatic N) is 2. The van der Waals surface area contributed by atoms with Gasteiger partial charge in [-0.05, 0) is 41.8 Å². The van der Waals surface area contributed by atoms with Gasteiger partial charge in [0.15, 0.2) is 0 Å². The van der Waals surface area contributed by atoms with Crippen LogP contribution in [0.5, 0.6) is 0 Å². The molecule has 0 radical (unpaired) electrons. The van der Waals surface area contributed by atoms with Gasteiger partial charge in [0.25, 0.3) is 0 Å². The van der Waals surface area contributed by atoms with Crippen molar-refractivity contribution in [2.75, 3.05) is 13.1 Å². The van der Waals surface area contributed by atoms with Crippen LogP contribution < -0.4 is 0 Å². The summed E-state index contributed by atoms with van der Waals surface area (Å²) in [5.74, 6) is 0.435. The lowest BCUT2D eigenvalue weighted by Crippen LogP contribution is -2.40. The van der Waals surface area contributed by atoms with Gasteiger partial charge < -0.3 is 14.6 Å². The number of fused-ring (bicyclic) bond motifs is 1. The molecule has 0 spiro atoms. The maximum absolute atomic E-state index is 12.6. The Hall–Kier alpha value is -2.59. The van der Waals surface area contributed by atoms with Crippen LogP contribution in [0.2, 0.25) is 0 Å². The van der Waals surface area contributed by atoms with Crippen LogP contribution in [0.15, 0.2) is 66.9 Å². The van der Waals surface area contributed by atoms with E-state index in [1.54, 1.807) is 0 Å². The van der Waals surface area contributed by atoms with Gasteiger partial charge in [0, 0.05) is 37.8 Å². The Labute approximate surface area is 160 Å². The number of carbonyl (C=O) groups excluding carboxylic acids is 1. The van der Waals surface area contributed by atoms with E-state index in [2.05, 4.69) is 29.0 Å². The summed E-state index contributed by atoms with van der Waals surface area (Å²) in [6, 6.07) is 20.2. The van der Waals surface area contributed by atoms with Crippen molar-refractivity contribution in [1.82, 2.24) is 9.47 Å². The summed E-state index contributed by atoms with van der Waals surface area (Å²) in [6.07, 6.45) is 3.85. The van der Waals surface area contributed by atoms with Crippen LogP contribution in [0, 0.1) is 5.92 Å². The number of benzene rings is 2. The van der Waals surface area contributed by atoms with Crippen LogP contribution in [0.25, 0.3) is 10.9 Å². The van der Waals surface area contributed by atoms with E-state index in [0.29, 0.717) is 13.0 Å². The summed E-state index contributed by atoms with van der Waals surface area (Å²) < 4.78 is 2.15. The zero-order valence-corrected chi connectivity index (χ0v) is 15.5. The Morgan fingerprint density at radius 3 is 2.48 bits per heavy atom. The highest BCUT2D eigenvalue weighted by atomic mass is 16.3. The summed E-state index contributed by atoms with van der Waals surface area (Å²) >= 11 is 0. The van der Waals surface area contributed by atoms with Crippen molar-refractivity contribution in [2.45, 2.75) is 31.9 Å². The molecular formula is C23H26N2O2. The van der Waals surface area contributed by atoms with Gasteiger partial charge in [0.1, 0.15) is 0 Å². The molecule has 0 aliphatic carbocycles. The zero-order valence-electron chi connectivity index (χ0n) is 15.5. The van der Waals surface area contributed by atoms with E-state index < -0.39 is 6.10 Å². The number of carbonyl (C=O) groups is 1. The maximum Gasteiger partial charge on any atom is 0.224 e. The SMILES string of the molecule is O=C(CCn1ccc2ccccc21)N1CCC(C(O)c2ccccc2)CC1. The van der Waals surface area contributed by atoms with Gasteiger partial charge in [-0.2, -0.15) is 0 Å². The fourth-order valence-corrected chi connectivity index (χ4v) is 4.10. The lowest BCUT2D eigenvalue weighted by Gasteiger charge is -2.34. The van der Waals surface area contributed by atoms with Crippen molar-refractivity contribution >= 4 is 16.8 Å². The molecule has 1 fully saturated rings. The Balaban J connectivity index is 1.30. The second-order valence-corrected chi connectivity index (χ2v) is 7.39. The first-order valence-corrected chi connectivity index (χ1v) is 9.77. The van der Waals surface area contributed by atoms with Crippen LogP contribution >= 0.6 is 0 Å². The van der Waals surface area contributed by atoms with E-state index in [-0.39, 0.29) is 11.8 Å². The summed E-state index contributed by atoms with van der Waals surface area (Å²) in [4.78, 5) is 14.6. The molecule has 27 heavy (non-hydrogen) atoms. The Bertz CT molecular complexity index is 895. The fourth-order valence-electron chi connectivity index (χ4n) is 4.10. The third-order valence-corrected chi connectivity index (χ3v) is 5.73. The van der Waals surface area contributed by atoms with Crippen molar-refractivity contribution < 1.29 is 9.90 Å². The van der Waals surface area contributed by atoms with E-state index >= 15 is 0 Å². The molecule has 1 aliphatic rings. The summed E-state index contributed by atoms with van der Waals surface area (Å²) in [5.41, 5.74) is 2.15. The highest BCUT2D eigenvalue weighted by molar-refractivity contribution is 5.80. The number of likely N-dealkylation sites (tertiary alicyclic amines) is 1. The number of aliphatic hydroxyl groups excluding tert-OH is 1. The molecule has 140 valence electrons. The van der Waals surface area contributed by atoms with E-state index in [1.807, 2.05) is 47.4 Å². The molecule has 1 amide bonds.